The summed E-state index contributed by atoms with van der Waals surface area (Å²) in [7, 11) is 0. The number of allylic oxidation sites excluding steroid dienone is 2. The molecule has 0 fully saturated rings. The predicted octanol–water partition coefficient (Wildman–Crippen LogP) is 3.97. The second kappa shape index (κ2) is 5.95. The number of nitrogens with one attached hydrogen (secondary N) is 1. The number of anilines is 1. The number of Topliss-reactive ketones (excluding diaryl/α,β-unsaturated/α-hetero) is 1. The Balaban J connectivity index is 1.69. The summed E-state index contributed by atoms with van der Waals surface area (Å²) in [4.78, 5) is 17.4. The van der Waals surface area contributed by atoms with Crippen molar-refractivity contribution in [3.63, 3.8) is 0 Å². The summed E-state index contributed by atoms with van der Waals surface area (Å²) in [5.74, 6) is 1.57. The molecule has 1 aromatic heterocycles. The molecule has 128 valence electrons. The van der Waals surface area contributed by atoms with Gasteiger partial charge in [-0.15, -0.1) is 5.10 Å². The van der Waals surface area contributed by atoms with Crippen LogP contribution < -0.4 is 5.32 Å². The van der Waals surface area contributed by atoms with E-state index in [9.17, 15) is 4.79 Å². The average Bonchev–Trinajstić information content (AvgIpc) is 3.12. The molecule has 0 amide bonds. The van der Waals surface area contributed by atoms with E-state index in [1.54, 1.807) is 0 Å². The number of ketones is 1. The van der Waals surface area contributed by atoms with Crippen LogP contribution in [-0.4, -0.2) is 20.5 Å². The summed E-state index contributed by atoms with van der Waals surface area (Å²) in [6.45, 7) is 0. The van der Waals surface area contributed by atoms with Crippen LogP contribution in [-0.2, 0) is 4.79 Å². The molecule has 0 spiro atoms. The topological polar surface area (TPSA) is 59.8 Å². The van der Waals surface area contributed by atoms with E-state index in [2.05, 4.69) is 17.4 Å². The fraction of sp³-hybridized carbons (Fsp3) is 0.190. The molecule has 0 saturated heterocycles. The van der Waals surface area contributed by atoms with Crippen LogP contribution in [0, 0.1) is 0 Å². The highest BCUT2D eigenvalue weighted by Crippen LogP contribution is 2.40. The predicted molar refractivity (Wildman–Crippen MR) is 99.5 cm³/mol. The Hall–Kier alpha value is -3.21. The highest BCUT2D eigenvalue weighted by Gasteiger charge is 2.36. The monoisotopic (exact) mass is 342 g/mol. The summed E-state index contributed by atoms with van der Waals surface area (Å²) in [5.41, 5.74) is 3.85. The van der Waals surface area contributed by atoms with Crippen LogP contribution in [0.5, 0.6) is 0 Å². The van der Waals surface area contributed by atoms with Crippen LogP contribution in [0.15, 0.2) is 71.9 Å². The fourth-order valence-electron chi connectivity index (χ4n) is 3.81. The summed E-state index contributed by atoms with van der Waals surface area (Å²) < 4.78 is 1.86. The van der Waals surface area contributed by atoms with E-state index in [1.807, 2.05) is 53.2 Å². The molecule has 5 rings (SSSR count). The third-order valence-corrected chi connectivity index (χ3v) is 5.02. The molecule has 1 aliphatic carbocycles. The number of hydrogen-bond acceptors (Lipinski definition) is 4. The van der Waals surface area contributed by atoms with Crippen molar-refractivity contribution in [2.75, 3.05) is 5.32 Å². The van der Waals surface area contributed by atoms with Gasteiger partial charge in [-0.05, 0) is 18.4 Å². The number of carbonyl (C=O) groups excluding carboxylic acids is 1. The molecule has 1 unspecified atom stereocenters. The molecule has 1 aliphatic heterocycles. The van der Waals surface area contributed by atoms with Crippen molar-refractivity contribution in [2.24, 2.45) is 0 Å². The molecule has 0 radical (unpaired) electrons. The van der Waals surface area contributed by atoms with Crippen molar-refractivity contribution in [3.05, 3.63) is 77.5 Å². The minimum absolute atomic E-state index is 0.204. The molecule has 1 atom stereocenters. The van der Waals surface area contributed by atoms with E-state index in [0.29, 0.717) is 18.2 Å². The van der Waals surface area contributed by atoms with Gasteiger partial charge in [0, 0.05) is 23.3 Å². The van der Waals surface area contributed by atoms with E-state index in [4.69, 9.17) is 10.1 Å². The largest absolute Gasteiger partial charge is 0.328 e. The first-order valence-electron chi connectivity index (χ1n) is 8.91. The summed E-state index contributed by atoms with van der Waals surface area (Å²) >= 11 is 0. The Kier molecular flexibility index (Phi) is 3.45. The van der Waals surface area contributed by atoms with Crippen LogP contribution >= 0.6 is 0 Å². The summed E-state index contributed by atoms with van der Waals surface area (Å²) in [6, 6.07) is 19.8. The first kappa shape index (κ1) is 15.1. The van der Waals surface area contributed by atoms with Gasteiger partial charge in [0.2, 0.25) is 5.95 Å². The number of aromatic nitrogens is 3. The smallest absolute Gasteiger partial charge is 0.226 e. The number of carbonyl (C=O) groups is 1. The van der Waals surface area contributed by atoms with Gasteiger partial charge in [0.1, 0.15) is 6.04 Å². The normalized spacial score (nSPS) is 18.9. The lowest BCUT2D eigenvalue weighted by molar-refractivity contribution is -0.116. The van der Waals surface area contributed by atoms with E-state index >= 15 is 0 Å². The van der Waals surface area contributed by atoms with Gasteiger partial charge >= 0.3 is 0 Å². The molecule has 5 nitrogen and oxygen atoms in total. The SMILES string of the molecule is O=C1CCCC2=C1C(c1ccccc1)n1nc(-c3ccccc3)nc1N2. The molecule has 0 bridgehead atoms. The van der Waals surface area contributed by atoms with Crippen molar-refractivity contribution >= 4 is 11.7 Å². The maximum atomic E-state index is 12.7. The van der Waals surface area contributed by atoms with Crippen molar-refractivity contribution in [3.8, 4) is 11.4 Å². The Bertz CT molecular complexity index is 1010. The summed E-state index contributed by atoms with van der Waals surface area (Å²) in [6.07, 6.45) is 2.35. The van der Waals surface area contributed by atoms with Gasteiger partial charge in [0.05, 0.1) is 0 Å². The Morgan fingerprint density at radius 1 is 0.962 bits per heavy atom. The minimum Gasteiger partial charge on any atom is -0.328 e. The standard InChI is InChI=1S/C21H18N4O/c26-17-13-7-12-16-18(17)19(14-8-3-1-4-9-14)25-21(22-16)23-20(24-25)15-10-5-2-6-11-15/h1-6,8-11,19H,7,12-13H2,(H,22,23,24). The first-order chi connectivity index (χ1) is 12.8. The zero-order valence-electron chi connectivity index (χ0n) is 14.2. The molecule has 2 aliphatic rings. The molecular formula is C21H18N4O. The third kappa shape index (κ3) is 2.36. The minimum atomic E-state index is -0.222. The number of fused-ring (bicyclic) bond motifs is 1. The quantitative estimate of drug-likeness (QED) is 0.765. The van der Waals surface area contributed by atoms with Crippen LogP contribution in [0.25, 0.3) is 11.4 Å². The van der Waals surface area contributed by atoms with E-state index < -0.39 is 0 Å². The molecule has 5 heteroatoms. The zero-order valence-corrected chi connectivity index (χ0v) is 14.2. The molecule has 2 heterocycles. The van der Waals surface area contributed by atoms with Crippen LogP contribution in [0.1, 0.15) is 30.9 Å². The molecular weight excluding hydrogens is 324 g/mol. The Morgan fingerprint density at radius 3 is 2.46 bits per heavy atom. The maximum Gasteiger partial charge on any atom is 0.226 e. The van der Waals surface area contributed by atoms with Crippen LogP contribution in [0.2, 0.25) is 0 Å². The lowest BCUT2D eigenvalue weighted by Gasteiger charge is -2.32. The number of nitrogens with zero attached hydrogens (tertiary/aromatic N) is 3. The second-order valence-electron chi connectivity index (χ2n) is 6.68. The van der Waals surface area contributed by atoms with Crippen molar-refractivity contribution in [1.29, 1.82) is 0 Å². The average molecular weight is 342 g/mol. The van der Waals surface area contributed by atoms with Crippen molar-refractivity contribution in [2.45, 2.75) is 25.3 Å². The lowest BCUT2D eigenvalue weighted by atomic mass is 9.85. The lowest BCUT2D eigenvalue weighted by Crippen LogP contribution is -2.31. The third-order valence-electron chi connectivity index (χ3n) is 5.02. The number of hydrogen-bond donors (Lipinski definition) is 1. The van der Waals surface area contributed by atoms with E-state index in [0.717, 1.165) is 35.2 Å². The van der Waals surface area contributed by atoms with Gasteiger partial charge in [-0.25, -0.2) is 4.68 Å². The van der Waals surface area contributed by atoms with Gasteiger partial charge in [0.15, 0.2) is 11.6 Å². The highest BCUT2D eigenvalue weighted by molar-refractivity contribution is 5.99. The second-order valence-corrected chi connectivity index (χ2v) is 6.68. The maximum absolute atomic E-state index is 12.7. The molecule has 1 N–H and O–H groups in total. The molecule has 2 aromatic carbocycles. The molecule has 0 saturated carbocycles. The number of rotatable bonds is 2. The Labute approximate surface area is 151 Å². The van der Waals surface area contributed by atoms with Crippen molar-refractivity contribution in [1.82, 2.24) is 14.8 Å². The van der Waals surface area contributed by atoms with Crippen LogP contribution in [0.3, 0.4) is 0 Å². The first-order valence-corrected chi connectivity index (χ1v) is 8.91. The zero-order chi connectivity index (χ0) is 17.5. The van der Waals surface area contributed by atoms with Gasteiger partial charge in [0.25, 0.3) is 0 Å². The fourth-order valence-corrected chi connectivity index (χ4v) is 3.81. The van der Waals surface area contributed by atoms with Crippen molar-refractivity contribution < 1.29 is 4.79 Å². The van der Waals surface area contributed by atoms with E-state index in [1.165, 1.54) is 0 Å². The van der Waals surface area contributed by atoms with Gasteiger partial charge in [-0.3, -0.25) is 4.79 Å². The Morgan fingerprint density at radius 2 is 1.69 bits per heavy atom. The molecule has 3 aromatic rings. The van der Waals surface area contributed by atoms with Gasteiger partial charge < -0.3 is 5.32 Å². The van der Waals surface area contributed by atoms with Crippen LogP contribution in [0.4, 0.5) is 5.95 Å². The number of benzene rings is 2. The van der Waals surface area contributed by atoms with Gasteiger partial charge in [-0.2, -0.15) is 4.98 Å². The van der Waals surface area contributed by atoms with E-state index in [-0.39, 0.29) is 11.8 Å². The highest BCUT2D eigenvalue weighted by atomic mass is 16.1. The molecule has 26 heavy (non-hydrogen) atoms. The van der Waals surface area contributed by atoms with Gasteiger partial charge in [-0.1, -0.05) is 60.7 Å². The summed E-state index contributed by atoms with van der Waals surface area (Å²) in [5, 5.41) is 8.13.